The lowest BCUT2D eigenvalue weighted by atomic mass is 10.0. The van der Waals surface area contributed by atoms with Crippen molar-refractivity contribution in [1.82, 2.24) is 10.2 Å². The van der Waals surface area contributed by atoms with Gasteiger partial charge in [-0.3, -0.25) is 4.79 Å². The second-order valence-electron chi connectivity index (χ2n) is 6.48. The molecule has 0 bridgehead atoms. The van der Waals surface area contributed by atoms with E-state index in [2.05, 4.69) is 5.32 Å². The van der Waals surface area contributed by atoms with Crippen molar-refractivity contribution in [1.29, 1.82) is 0 Å². The van der Waals surface area contributed by atoms with Gasteiger partial charge in [0.15, 0.2) is 0 Å². The molecule has 0 unspecified atom stereocenters. The zero-order valence-corrected chi connectivity index (χ0v) is 13.1. The van der Waals surface area contributed by atoms with Gasteiger partial charge in [0.05, 0.1) is 5.56 Å². The predicted molar refractivity (Wildman–Crippen MR) is 81.0 cm³/mol. The molecule has 6 heteroatoms. The molecule has 0 aromatic heterocycles. The number of carbonyl (C=O) groups excluding carboxylic acids is 1. The minimum Gasteiger partial charge on any atom is -0.341 e. The lowest BCUT2D eigenvalue weighted by Gasteiger charge is -2.32. The van der Waals surface area contributed by atoms with Crippen molar-refractivity contribution >= 4 is 5.91 Å². The van der Waals surface area contributed by atoms with Crippen LogP contribution in [0.25, 0.3) is 0 Å². The Bertz CT molecular complexity index is 570. The minimum atomic E-state index is -4.31. The Balaban J connectivity index is 1.61. The number of alkyl halides is 3. The average molecular weight is 326 g/mol. The van der Waals surface area contributed by atoms with Gasteiger partial charge in [0.2, 0.25) is 5.91 Å². The largest absolute Gasteiger partial charge is 0.416 e. The Morgan fingerprint density at radius 1 is 1.26 bits per heavy atom. The second kappa shape index (κ2) is 6.15. The number of likely N-dealkylation sites (tertiary alicyclic amines) is 1. The molecule has 1 aromatic rings. The van der Waals surface area contributed by atoms with E-state index in [0.29, 0.717) is 6.04 Å². The monoisotopic (exact) mass is 326 g/mol. The van der Waals surface area contributed by atoms with E-state index in [9.17, 15) is 18.0 Å². The molecule has 2 aliphatic rings. The van der Waals surface area contributed by atoms with Crippen molar-refractivity contribution in [2.45, 2.75) is 37.4 Å². The van der Waals surface area contributed by atoms with E-state index in [0.717, 1.165) is 50.0 Å². The van der Waals surface area contributed by atoms with Gasteiger partial charge in [0.25, 0.3) is 0 Å². The highest BCUT2D eigenvalue weighted by molar-refractivity contribution is 5.83. The maximum absolute atomic E-state index is 12.6. The fourth-order valence-electron chi connectivity index (χ4n) is 3.40. The first-order valence-corrected chi connectivity index (χ1v) is 8.03. The summed E-state index contributed by atoms with van der Waals surface area (Å²) in [4.78, 5) is 14.5. The van der Waals surface area contributed by atoms with Gasteiger partial charge in [-0.2, -0.15) is 13.2 Å². The SMILES string of the molecule is CN[C@@H]1CCCN(C(=O)[C@@H]2C[C@@H]2c2ccc(C(F)(F)F)cc2)C1. The molecule has 0 radical (unpaired) electrons. The fraction of sp³-hybridized carbons (Fsp3) is 0.588. The number of nitrogens with zero attached hydrogens (tertiary/aromatic N) is 1. The van der Waals surface area contributed by atoms with Gasteiger partial charge < -0.3 is 10.2 Å². The maximum Gasteiger partial charge on any atom is 0.416 e. The number of benzene rings is 1. The standard InChI is InChI=1S/C17H21F3N2O/c1-21-13-3-2-8-22(10-13)16(23)15-9-14(15)11-4-6-12(7-5-11)17(18,19)20/h4-7,13-15,21H,2-3,8-10H2,1H3/t13-,14-,15-/m1/s1. The highest BCUT2D eigenvalue weighted by Crippen LogP contribution is 2.49. The summed E-state index contributed by atoms with van der Waals surface area (Å²) in [6.07, 6.45) is -1.50. The highest BCUT2D eigenvalue weighted by atomic mass is 19.4. The lowest BCUT2D eigenvalue weighted by Crippen LogP contribution is -2.47. The molecule has 1 heterocycles. The van der Waals surface area contributed by atoms with E-state index in [1.54, 1.807) is 0 Å². The van der Waals surface area contributed by atoms with Gasteiger partial charge >= 0.3 is 6.18 Å². The molecule has 3 atom stereocenters. The van der Waals surface area contributed by atoms with E-state index in [1.165, 1.54) is 12.1 Å². The van der Waals surface area contributed by atoms with Crippen molar-refractivity contribution in [3.8, 4) is 0 Å². The number of nitrogens with one attached hydrogen (secondary N) is 1. The Hall–Kier alpha value is -1.56. The van der Waals surface area contributed by atoms with E-state index in [-0.39, 0.29) is 17.7 Å². The Morgan fingerprint density at radius 2 is 1.96 bits per heavy atom. The van der Waals surface area contributed by atoms with Crippen molar-refractivity contribution < 1.29 is 18.0 Å². The van der Waals surface area contributed by atoms with Crippen LogP contribution in [0.1, 0.15) is 36.3 Å². The number of rotatable bonds is 3. The number of amides is 1. The zero-order chi connectivity index (χ0) is 16.6. The number of carbonyl (C=O) groups is 1. The van der Waals surface area contributed by atoms with Gasteiger partial charge in [0.1, 0.15) is 0 Å². The van der Waals surface area contributed by atoms with E-state index in [1.807, 2.05) is 11.9 Å². The summed E-state index contributed by atoms with van der Waals surface area (Å²) in [5.74, 6) is 0.150. The number of halogens is 3. The van der Waals surface area contributed by atoms with Crippen LogP contribution in [0.4, 0.5) is 13.2 Å². The molecular formula is C17H21F3N2O. The molecule has 1 aromatic carbocycles. The molecule has 0 spiro atoms. The summed E-state index contributed by atoms with van der Waals surface area (Å²) in [5, 5.41) is 3.21. The van der Waals surface area contributed by atoms with Gasteiger partial charge in [0, 0.05) is 25.0 Å². The van der Waals surface area contributed by atoms with Crippen LogP contribution in [0, 0.1) is 5.92 Å². The Morgan fingerprint density at radius 3 is 2.57 bits per heavy atom. The van der Waals surface area contributed by atoms with Gasteiger partial charge in [-0.1, -0.05) is 12.1 Å². The summed E-state index contributed by atoms with van der Waals surface area (Å²) < 4.78 is 37.8. The van der Waals surface area contributed by atoms with Crippen molar-refractivity contribution in [3.05, 3.63) is 35.4 Å². The molecule has 23 heavy (non-hydrogen) atoms. The van der Waals surface area contributed by atoms with Crippen LogP contribution in [0.5, 0.6) is 0 Å². The Kier molecular flexibility index (Phi) is 4.36. The first-order valence-electron chi connectivity index (χ1n) is 8.03. The third kappa shape index (κ3) is 3.52. The number of likely N-dealkylation sites (N-methyl/N-ethyl adjacent to an activating group) is 1. The highest BCUT2D eigenvalue weighted by Gasteiger charge is 2.46. The van der Waals surface area contributed by atoms with Crippen molar-refractivity contribution in [2.24, 2.45) is 5.92 Å². The number of hydrogen-bond donors (Lipinski definition) is 1. The molecule has 2 fully saturated rings. The Labute approximate surface area is 133 Å². The smallest absolute Gasteiger partial charge is 0.341 e. The first-order chi connectivity index (χ1) is 10.9. The van der Waals surface area contributed by atoms with Crippen LogP contribution in [0.2, 0.25) is 0 Å². The third-order valence-electron chi connectivity index (χ3n) is 4.92. The van der Waals surface area contributed by atoms with Crippen LogP contribution >= 0.6 is 0 Å². The van der Waals surface area contributed by atoms with Crippen LogP contribution in [-0.2, 0) is 11.0 Å². The topological polar surface area (TPSA) is 32.3 Å². The van der Waals surface area contributed by atoms with E-state index < -0.39 is 11.7 Å². The van der Waals surface area contributed by atoms with Crippen molar-refractivity contribution in [2.75, 3.05) is 20.1 Å². The molecule has 3 rings (SSSR count). The van der Waals surface area contributed by atoms with Crippen LogP contribution < -0.4 is 5.32 Å². The number of hydrogen-bond acceptors (Lipinski definition) is 2. The van der Waals surface area contributed by atoms with Gasteiger partial charge in [-0.15, -0.1) is 0 Å². The quantitative estimate of drug-likeness (QED) is 0.926. The molecule has 1 saturated heterocycles. The molecule has 3 nitrogen and oxygen atoms in total. The van der Waals surface area contributed by atoms with Crippen LogP contribution in [-0.4, -0.2) is 37.0 Å². The molecular weight excluding hydrogens is 305 g/mol. The summed E-state index contributed by atoms with van der Waals surface area (Å²) in [5.41, 5.74) is 0.191. The lowest BCUT2D eigenvalue weighted by molar-refractivity contribution is -0.137. The predicted octanol–water partition coefficient (Wildman–Crippen LogP) is 3.02. The number of piperidine rings is 1. The summed E-state index contributed by atoms with van der Waals surface area (Å²) in [7, 11) is 1.90. The third-order valence-corrected chi connectivity index (χ3v) is 4.92. The summed E-state index contributed by atoms with van der Waals surface area (Å²) in [6, 6.07) is 5.57. The molecule has 1 N–H and O–H groups in total. The molecule has 1 saturated carbocycles. The fourth-order valence-corrected chi connectivity index (χ4v) is 3.40. The van der Waals surface area contributed by atoms with Gasteiger partial charge in [-0.05, 0) is 49.9 Å². The molecule has 1 aliphatic carbocycles. The van der Waals surface area contributed by atoms with Crippen molar-refractivity contribution in [3.63, 3.8) is 0 Å². The zero-order valence-electron chi connectivity index (χ0n) is 13.1. The molecule has 126 valence electrons. The van der Waals surface area contributed by atoms with Gasteiger partial charge in [-0.25, -0.2) is 0 Å². The maximum atomic E-state index is 12.6. The normalized spacial score (nSPS) is 27.8. The minimum absolute atomic E-state index is 0.0673. The van der Waals surface area contributed by atoms with E-state index in [4.69, 9.17) is 0 Å². The van der Waals surface area contributed by atoms with Crippen LogP contribution in [0.15, 0.2) is 24.3 Å². The van der Waals surface area contributed by atoms with E-state index >= 15 is 0 Å². The second-order valence-corrected chi connectivity index (χ2v) is 6.48. The molecule has 1 amide bonds. The summed E-state index contributed by atoms with van der Waals surface area (Å²) >= 11 is 0. The molecule has 1 aliphatic heterocycles. The van der Waals surface area contributed by atoms with Crippen LogP contribution in [0.3, 0.4) is 0 Å². The summed E-state index contributed by atoms with van der Waals surface area (Å²) in [6.45, 7) is 1.51. The first kappa shape index (κ1) is 16.3. The average Bonchev–Trinajstić information content (AvgIpc) is 3.34.